The van der Waals surface area contributed by atoms with Gasteiger partial charge in [0.15, 0.2) is 0 Å². The number of nitrogens with zero attached hydrogens (tertiary/aromatic N) is 1. The van der Waals surface area contributed by atoms with E-state index in [2.05, 4.69) is 4.74 Å². The summed E-state index contributed by atoms with van der Waals surface area (Å²) in [5.41, 5.74) is 0.367. The molecule has 0 spiro atoms. The van der Waals surface area contributed by atoms with Gasteiger partial charge in [-0.25, -0.2) is 9.59 Å². The van der Waals surface area contributed by atoms with Gasteiger partial charge in [0.05, 0.1) is 18.7 Å². The van der Waals surface area contributed by atoms with Crippen LogP contribution >= 0.6 is 0 Å². The molecule has 0 aliphatic carbocycles. The third-order valence-electron chi connectivity index (χ3n) is 2.05. The van der Waals surface area contributed by atoms with Crippen LogP contribution in [0.2, 0.25) is 0 Å². The number of carbonyl (C=O) groups is 2. The molecule has 6 nitrogen and oxygen atoms in total. The van der Waals surface area contributed by atoms with Crippen LogP contribution in [-0.4, -0.2) is 34.0 Å². The third kappa shape index (κ3) is 3.46. The monoisotopic (exact) mass is 239 g/mol. The van der Waals surface area contributed by atoms with Crippen molar-refractivity contribution in [3.8, 4) is 0 Å². The van der Waals surface area contributed by atoms with Crippen molar-refractivity contribution < 1.29 is 24.6 Å². The van der Waals surface area contributed by atoms with E-state index in [9.17, 15) is 14.8 Å². The van der Waals surface area contributed by atoms with E-state index >= 15 is 0 Å². The Bertz CT molecular complexity index is 418. The Morgan fingerprint density at radius 3 is 2.59 bits per heavy atom. The lowest BCUT2D eigenvalue weighted by atomic mass is 10.1. The van der Waals surface area contributed by atoms with Gasteiger partial charge in [0.1, 0.15) is 0 Å². The second kappa shape index (κ2) is 5.86. The molecule has 0 aliphatic heterocycles. The van der Waals surface area contributed by atoms with E-state index in [0.29, 0.717) is 10.6 Å². The van der Waals surface area contributed by atoms with E-state index < -0.39 is 12.1 Å². The minimum Gasteiger partial charge on any atom is -0.478 e. The summed E-state index contributed by atoms with van der Waals surface area (Å²) in [6, 6.07) is 6.11. The maximum atomic E-state index is 11.1. The molecule has 1 amide bonds. The zero-order valence-electron chi connectivity index (χ0n) is 9.29. The highest BCUT2D eigenvalue weighted by atomic mass is 16.6. The van der Waals surface area contributed by atoms with Crippen molar-refractivity contribution in [3.05, 3.63) is 35.4 Å². The summed E-state index contributed by atoms with van der Waals surface area (Å²) >= 11 is 0. The average molecular weight is 239 g/mol. The largest absolute Gasteiger partial charge is 0.478 e. The lowest BCUT2D eigenvalue weighted by Gasteiger charge is -2.15. The topological polar surface area (TPSA) is 87.1 Å². The molecule has 17 heavy (non-hydrogen) atoms. The highest BCUT2D eigenvalue weighted by Crippen LogP contribution is 2.11. The van der Waals surface area contributed by atoms with Crippen LogP contribution in [0.5, 0.6) is 0 Å². The Morgan fingerprint density at radius 2 is 2.00 bits per heavy atom. The highest BCUT2D eigenvalue weighted by Gasteiger charge is 2.16. The summed E-state index contributed by atoms with van der Waals surface area (Å²) in [6.07, 6.45) is -0.910. The number of carbonyl (C=O) groups excluding carboxylic acids is 1. The Kier molecular flexibility index (Phi) is 4.47. The number of carboxylic acid groups (broad SMARTS) is 1. The molecule has 0 saturated heterocycles. The second-order valence-corrected chi connectivity index (χ2v) is 3.22. The fourth-order valence-electron chi connectivity index (χ4n) is 1.29. The van der Waals surface area contributed by atoms with E-state index in [-0.39, 0.29) is 18.7 Å². The molecule has 0 aliphatic rings. The van der Waals surface area contributed by atoms with Gasteiger partial charge in [-0.3, -0.25) is 5.21 Å². The lowest BCUT2D eigenvalue weighted by Crippen LogP contribution is -2.28. The first-order chi connectivity index (χ1) is 8.06. The van der Waals surface area contributed by atoms with Gasteiger partial charge in [0.2, 0.25) is 0 Å². The van der Waals surface area contributed by atoms with Gasteiger partial charge < -0.3 is 9.84 Å². The van der Waals surface area contributed by atoms with Gasteiger partial charge in [0, 0.05) is 0 Å². The maximum absolute atomic E-state index is 11.1. The smallest absolute Gasteiger partial charge is 0.434 e. The van der Waals surface area contributed by atoms with Gasteiger partial charge in [-0.2, -0.15) is 5.06 Å². The van der Waals surface area contributed by atoms with Crippen LogP contribution in [0.4, 0.5) is 4.79 Å². The first-order valence-electron chi connectivity index (χ1n) is 5.00. The molecule has 0 aromatic heterocycles. The molecule has 0 fully saturated rings. The number of hydroxylamine groups is 2. The van der Waals surface area contributed by atoms with Crippen molar-refractivity contribution in [3.63, 3.8) is 0 Å². The van der Waals surface area contributed by atoms with Crippen molar-refractivity contribution in [2.75, 3.05) is 6.61 Å². The quantitative estimate of drug-likeness (QED) is 0.617. The summed E-state index contributed by atoms with van der Waals surface area (Å²) in [5.74, 6) is -1.11. The van der Waals surface area contributed by atoms with Crippen LogP contribution in [0.15, 0.2) is 24.3 Å². The summed E-state index contributed by atoms with van der Waals surface area (Å²) in [4.78, 5) is 22.0. The molecule has 6 heteroatoms. The fraction of sp³-hybridized carbons (Fsp3) is 0.273. The number of benzene rings is 1. The van der Waals surface area contributed by atoms with Gasteiger partial charge in [0.25, 0.3) is 0 Å². The number of rotatable bonds is 4. The minimum atomic E-state index is -1.11. The molecular weight excluding hydrogens is 226 g/mol. The van der Waals surface area contributed by atoms with Crippen LogP contribution in [0.25, 0.3) is 0 Å². The summed E-state index contributed by atoms with van der Waals surface area (Å²) < 4.78 is 4.57. The molecular formula is C11H13NO5. The normalized spacial score (nSPS) is 9.76. The van der Waals surface area contributed by atoms with Gasteiger partial charge in [-0.05, 0) is 18.6 Å². The van der Waals surface area contributed by atoms with Crippen molar-refractivity contribution in [2.45, 2.75) is 13.5 Å². The Hall–Kier alpha value is -2.08. The number of hydrogen-bond acceptors (Lipinski definition) is 4. The number of aromatic carboxylic acids is 1. The summed E-state index contributed by atoms with van der Waals surface area (Å²) in [5, 5.41) is 18.6. The number of ether oxygens (including phenoxy) is 1. The molecule has 1 rings (SSSR count). The maximum Gasteiger partial charge on any atom is 0.434 e. The van der Waals surface area contributed by atoms with Crippen LogP contribution in [0.1, 0.15) is 22.8 Å². The molecule has 0 bridgehead atoms. The summed E-state index contributed by atoms with van der Waals surface area (Å²) in [7, 11) is 0. The molecule has 0 atom stereocenters. The Labute approximate surface area is 98.0 Å². The highest BCUT2D eigenvalue weighted by molar-refractivity contribution is 5.89. The van der Waals surface area contributed by atoms with E-state index in [1.807, 2.05) is 0 Å². The summed E-state index contributed by atoms with van der Waals surface area (Å²) in [6.45, 7) is 1.51. The zero-order valence-corrected chi connectivity index (χ0v) is 9.29. The first-order valence-corrected chi connectivity index (χ1v) is 5.00. The van der Waals surface area contributed by atoms with E-state index in [1.54, 1.807) is 19.1 Å². The molecule has 92 valence electrons. The predicted octanol–water partition coefficient (Wildman–Crippen LogP) is 1.73. The predicted molar refractivity (Wildman–Crippen MR) is 57.8 cm³/mol. The van der Waals surface area contributed by atoms with Crippen molar-refractivity contribution in [2.24, 2.45) is 0 Å². The van der Waals surface area contributed by atoms with Crippen molar-refractivity contribution in [1.82, 2.24) is 5.06 Å². The fourth-order valence-corrected chi connectivity index (χ4v) is 1.29. The number of amides is 1. The van der Waals surface area contributed by atoms with E-state index in [0.717, 1.165) is 0 Å². The van der Waals surface area contributed by atoms with Crippen molar-refractivity contribution in [1.29, 1.82) is 0 Å². The zero-order chi connectivity index (χ0) is 12.8. The molecule has 0 radical (unpaired) electrons. The van der Waals surface area contributed by atoms with Gasteiger partial charge in [-0.1, -0.05) is 18.2 Å². The molecule has 1 aromatic rings. The van der Waals surface area contributed by atoms with Crippen LogP contribution in [0.3, 0.4) is 0 Å². The third-order valence-corrected chi connectivity index (χ3v) is 2.05. The van der Waals surface area contributed by atoms with Crippen LogP contribution < -0.4 is 0 Å². The standard InChI is InChI=1S/C11H13NO5/c1-2-17-11(15)12(16)7-8-5-3-4-6-9(8)10(13)14/h3-6,16H,2,7H2,1H3,(H,13,14). The number of hydrogen-bond donors (Lipinski definition) is 2. The SMILES string of the molecule is CCOC(=O)N(O)Cc1ccccc1C(=O)O. The van der Waals surface area contributed by atoms with Crippen LogP contribution in [-0.2, 0) is 11.3 Å². The van der Waals surface area contributed by atoms with Gasteiger partial charge >= 0.3 is 12.1 Å². The lowest BCUT2D eigenvalue weighted by molar-refractivity contribution is -0.0801. The Balaban J connectivity index is 2.81. The first kappa shape index (κ1) is 13.0. The molecule has 1 aromatic carbocycles. The molecule has 2 N–H and O–H groups in total. The average Bonchev–Trinajstić information content (AvgIpc) is 2.29. The van der Waals surface area contributed by atoms with Crippen LogP contribution in [0, 0.1) is 0 Å². The molecule has 0 saturated carbocycles. The van der Waals surface area contributed by atoms with E-state index in [1.165, 1.54) is 12.1 Å². The van der Waals surface area contributed by atoms with Crippen molar-refractivity contribution >= 4 is 12.1 Å². The molecule has 0 heterocycles. The Morgan fingerprint density at radius 1 is 1.35 bits per heavy atom. The van der Waals surface area contributed by atoms with E-state index in [4.69, 9.17) is 5.11 Å². The minimum absolute atomic E-state index is 0.0378. The van der Waals surface area contributed by atoms with Gasteiger partial charge in [-0.15, -0.1) is 0 Å². The molecule has 0 unspecified atom stereocenters. The second-order valence-electron chi connectivity index (χ2n) is 3.22. The number of carboxylic acids is 1.